The maximum atomic E-state index is 13.2. The minimum Gasteiger partial charge on any atom is -0.342 e. The summed E-state index contributed by atoms with van der Waals surface area (Å²) in [6.45, 7) is 1.54. The van der Waals surface area contributed by atoms with E-state index in [1.165, 1.54) is 5.56 Å². The largest absolute Gasteiger partial charge is 0.342 e. The Kier molecular flexibility index (Phi) is 4.92. The molecule has 0 spiro atoms. The molecule has 2 amide bonds. The van der Waals surface area contributed by atoms with Crippen molar-refractivity contribution in [1.29, 1.82) is 0 Å². The van der Waals surface area contributed by atoms with Crippen LogP contribution in [-0.2, 0) is 16.0 Å². The van der Waals surface area contributed by atoms with E-state index in [0.717, 1.165) is 43.6 Å². The molecule has 0 N–H and O–H groups in total. The molecule has 0 unspecified atom stereocenters. The minimum atomic E-state index is -0.347. The summed E-state index contributed by atoms with van der Waals surface area (Å²) in [5, 5.41) is 0. The van der Waals surface area contributed by atoms with Crippen LogP contribution in [0.1, 0.15) is 36.3 Å². The molecule has 0 aliphatic carbocycles. The molecule has 0 radical (unpaired) electrons. The highest BCUT2D eigenvalue weighted by Gasteiger charge is 2.36. The molecule has 3 heterocycles. The number of carbonyl (C=O) groups is 2. The van der Waals surface area contributed by atoms with Gasteiger partial charge in [0, 0.05) is 44.6 Å². The molecule has 1 aromatic heterocycles. The number of aromatic nitrogens is 1. The SMILES string of the molecule is CN1C(=O)C[C@H](C(=O)N2CCC(Cc3cccnc3)CC2)c2ccccc21. The van der Waals surface area contributed by atoms with Gasteiger partial charge >= 0.3 is 0 Å². The number of nitrogens with zero attached hydrogens (tertiary/aromatic N) is 3. The predicted molar refractivity (Wildman–Crippen MR) is 104 cm³/mol. The van der Waals surface area contributed by atoms with E-state index in [9.17, 15) is 9.59 Å². The van der Waals surface area contributed by atoms with Crippen LogP contribution in [0, 0.1) is 5.92 Å². The average molecular weight is 363 g/mol. The first-order valence-corrected chi connectivity index (χ1v) is 9.66. The zero-order valence-corrected chi connectivity index (χ0v) is 15.7. The molecule has 4 rings (SSSR count). The number of piperidine rings is 1. The summed E-state index contributed by atoms with van der Waals surface area (Å²) >= 11 is 0. The topological polar surface area (TPSA) is 53.5 Å². The van der Waals surface area contributed by atoms with E-state index >= 15 is 0 Å². The molecule has 5 heteroatoms. The number of carbonyl (C=O) groups excluding carboxylic acids is 2. The molecule has 2 aliphatic heterocycles. The summed E-state index contributed by atoms with van der Waals surface area (Å²) in [4.78, 5) is 33.3. The summed E-state index contributed by atoms with van der Waals surface area (Å²) in [5.41, 5.74) is 3.10. The van der Waals surface area contributed by atoms with Crippen LogP contribution in [0.25, 0.3) is 0 Å². The standard InChI is InChI=1S/C22H25N3O2/c1-24-20-7-3-2-6-18(20)19(14-21(24)26)22(27)25-11-8-16(9-12-25)13-17-5-4-10-23-15-17/h2-7,10,15-16,19H,8-9,11-14H2,1H3/t19-/m0/s1. The van der Waals surface area contributed by atoms with Crippen LogP contribution in [0.15, 0.2) is 48.8 Å². The van der Waals surface area contributed by atoms with E-state index in [1.54, 1.807) is 18.1 Å². The Morgan fingerprint density at radius 1 is 1.15 bits per heavy atom. The third-order valence-corrected chi connectivity index (χ3v) is 5.90. The van der Waals surface area contributed by atoms with Gasteiger partial charge in [-0.1, -0.05) is 24.3 Å². The fourth-order valence-electron chi connectivity index (χ4n) is 4.29. The highest BCUT2D eigenvalue weighted by Crippen LogP contribution is 2.37. The zero-order valence-electron chi connectivity index (χ0n) is 15.7. The van der Waals surface area contributed by atoms with Gasteiger partial charge in [0.25, 0.3) is 0 Å². The Morgan fingerprint density at radius 2 is 1.93 bits per heavy atom. The monoisotopic (exact) mass is 363 g/mol. The fraction of sp³-hybridized carbons (Fsp3) is 0.409. The Morgan fingerprint density at radius 3 is 2.67 bits per heavy atom. The second kappa shape index (κ2) is 7.51. The van der Waals surface area contributed by atoms with Crippen molar-refractivity contribution in [1.82, 2.24) is 9.88 Å². The van der Waals surface area contributed by atoms with E-state index in [2.05, 4.69) is 11.1 Å². The third kappa shape index (κ3) is 3.59. The van der Waals surface area contributed by atoms with Crippen LogP contribution in [0.5, 0.6) is 0 Å². The van der Waals surface area contributed by atoms with E-state index in [-0.39, 0.29) is 24.2 Å². The summed E-state index contributed by atoms with van der Waals surface area (Å²) in [6, 6.07) is 11.9. The summed E-state index contributed by atoms with van der Waals surface area (Å²) in [7, 11) is 1.78. The summed E-state index contributed by atoms with van der Waals surface area (Å²) < 4.78 is 0. The number of hydrogen-bond acceptors (Lipinski definition) is 3. The van der Waals surface area contributed by atoms with Crippen molar-refractivity contribution in [3.8, 4) is 0 Å². The molecule has 0 bridgehead atoms. The first-order chi connectivity index (χ1) is 13.1. The number of fused-ring (bicyclic) bond motifs is 1. The van der Waals surface area contributed by atoms with Crippen molar-refractivity contribution in [2.75, 3.05) is 25.0 Å². The van der Waals surface area contributed by atoms with Gasteiger partial charge < -0.3 is 9.80 Å². The molecule has 1 fully saturated rings. The van der Waals surface area contributed by atoms with Crippen LogP contribution in [0.3, 0.4) is 0 Å². The number of likely N-dealkylation sites (tertiary alicyclic amines) is 1. The zero-order chi connectivity index (χ0) is 18.8. The minimum absolute atomic E-state index is 0.0125. The van der Waals surface area contributed by atoms with Gasteiger partial charge in [0.1, 0.15) is 0 Å². The van der Waals surface area contributed by atoms with E-state index < -0.39 is 0 Å². The summed E-state index contributed by atoms with van der Waals surface area (Å²) in [6.07, 6.45) is 7.02. The van der Waals surface area contributed by atoms with Crippen LogP contribution in [0.4, 0.5) is 5.69 Å². The maximum absolute atomic E-state index is 13.2. The van der Waals surface area contributed by atoms with Gasteiger partial charge in [0.2, 0.25) is 11.8 Å². The van der Waals surface area contributed by atoms with Gasteiger partial charge in [-0.15, -0.1) is 0 Å². The third-order valence-electron chi connectivity index (χ3n) is 5.90. The van der Waals surface area contributed by atoms with Gasteiger partial charge in [-0.25, -0.2) is 0 Å². The van der Waals surface area contributed by atoms with E-state index in [1.807, 2.05) is 41.4 Å². The molecule has 2 aromatic rings. The van der Waals surface area contributed by atoms with Gasteiger partial charge in [-0.05, 0) is 48.4 Å². The Bertz CT molecular complexity index is 828. The van der Waals surface area contributed by atoms with Crippen LogP contribution < -0.4 is 4.90 Å². The van der Waals surface area contributed by atoms with Crippen molar-refractivity contribution in [2.24, 2.45) is 5.92 Å². The number of pyridine rings is 1. The Labute approximate surface area is 160 Å². The molecular formula is C22H25N3O2. The number of benzene rings is 1. The van der Waals surface area contributed by atoms with Crippen LogP contribution in [0.2, 0.25) is 0 Å². The van der Waals surface area contributed by atoms with Crippen molar-refractivity contribution < 1.29 is 9.59 Å². The number of hydrogen-bond donors (Lipinski definition) is 0. The van der Waals surface area contributed by atoms with E-state index in [4.69, 9.17) is 0 Å². The quantitative estimate of drug-likeness (QED) is 0.842. The highest BCUT2D eigenvalue weighted by atomic mass is 16.2. The molecule has 2 aliphatic rings. The van der Waals surface area contributed by atoms with Gasteiger partial charge in [-0.2, -0.15) is 0 Å². The molecular weight excluding hydrogens is 338 g/mol. The number of anilines is 1. The average Bonchev–Trinajstić information content (AvgIpc) is 2.71. The van der Waals surface area contributed by atoms with Crippen molar-refractivity contribution in [3.63, 3.8) is 0 Å². The van der Waals surface area contributed by atoms with Crippen LogP contribution in [-0.4, -0.2) is 41.8 Å². The lowest BCUT2D eigenvalue weighted by Gasteiger charge is -2.37. The molecule has 140 valence electrons. The second-order valence-corrected chi connectivity index (χ2v) is 7.60. The molecule has 5 nitrogen and oxygen atoms in total. The number of rotatable bonds is 3. The molecule has 1 atom stereocenters. The first-order valence-electron chi connectivity index (χ1n) is 9.66. The predicted octanol–water partition coefficient (Wildman–Crippen LogP) is 3.01. The Hall–Kier alpha value is -2.69. The van der Waals surface area contributed by atoms with Gasteiger partial charge in [-0.3, -0.25) is 14.6 Å². The lowest BCUT2D eigenvalue weighted by molar-refractivity contribution is -0.136. The molecule has 1 aromatic carbocycles. The lowest BCUT2D eigenvalue weighted by Crippen LogP contribution is -2.44. The maximum Gasteiger partial charge on any atom is 0.230 e. The molecule has 0 saturated carbocycles. The van der Waals surface area contributed by atoms with E-state index in [0.29, 0.717) is 5.92 Å². The van der Waals surface area contributed by atoms with Crippen molar-refractivity contribution in [3.05, 3.63) is 59.9 Å². The lowest BCUT2D eigenvalue weighted by atomic mass is 9.86. The van der Waals surface area contributed by atoms with Crippen LogP contribution >= 0.6 is 0 Å². The fourth-order valence-corrected chi connectivity index (χ4v) is 4.29. The smallest absolute Gasteiger partial charge is 0.230 e. The summed E-state index contributed by atoms with van der Waals surface area (Å²) in [5.74, 6) is 0.353. The normalized spacial score (nSPS) is 20.5. The molecule has 1 saturated heterocycles. The first kappa shape index (κ1) is 17.7. The number of amides is 2. The van der Waals surface area contributed by atoms with Gasteiger partial charge in [0.05, 0.1) is 5.92 Å². The van der Waals surface area contributed by atoms with Crippen molar-refractivity contribution in [2.45, 2.75) is 31.6 Å². The second-order valence-electron chi connectivity index (χ2n) is 7.60. The Balaban J connectivity index is 1.42. The van der Waals surface area contributed by atoms with Crippen molar-refractivity contribution >= 4 is 17.5 Å². The highest BCUT2D eigenvalue weighted by molar-refractivity contribution is 6.02. The molecule has 27 heavy (non-hydrogen) atoms. The van der Waals surface area contributed by atoms with Gasteiger partial charge in [0.15, 0.2) is 0 Å². The number of para-hydroxylation sites is 1.